The van der Waals surface area contributed by atoms with Gasteiger partial charge in [0.2, 0.25) is 0 Å². The van der Waals surface area contributed by atoms with Gasteiger partial charge in [0.15, 0.2) is 5.78 Å². The van der Waals surface area contributed by atoms with E-state index in [4.69, 9.17) is 10.00 Å². The molecule has 1 saturated carbocycles. The summed E-state index contributed by atoms with van der Waals surface area (Å²) in [5, 5.41) is 8.97. The van der Waals surface area contributed by atoms with E-state index in [0.29, 0.717) is 0 Å². The predicted molar refractivity (Wildman–Crippen MR) is 64.2 cm³/mol. The van der Waals surface area contributed by atoms with Gasteiger partial charge in [-0.2, -0.15) is 5.26 Å². The fraction of sp³-hybridized carbons (Fsp3) is 0.571. The van der Waals surface area contributed by atoms with Crippen molar-refractivity contribution in [3.63, 3.8) is 0 Å². The summed E-state index contributed by atoms with van der Waals surface area (Å²) in [4.78, 5) is 11.5. The first kappa shape index (κ1) is 12.1. The van der Waals surface area contributed by atoms with Crippen LogP contribution in [0.5, 0.6) is 0 Å². The number of Topliss-reactive ketones (excluding diaryl/α,β-unsaturated/α-hetero) is 1. The Kier molecular flexibility index (Phi) is 3.44. The fourth-order valence-electron chi connectivity index (χ4n) is 2.16. The van der Waals surface area contributed by atoms with Crippen LogP contribution in [0.1, 0.15) is 33.1 Å². The highest BCUT2D eigenvalue weighted by Crippen LogP contribution is 2.30. The third-order valence-corrected chi connectivity index (χ3v) is 3.35. The highest BCUT2D eigenvalue weighted by atomic mass is 16.5. The first-order chi connectivity index (χ1) is 8.11. The Morgan fingerprint density at radius 1 is 1.53 bits per heavy atom. The topological polar surface area (TPSA) is 50.1 Å². The number of ketones is 1. The second-order valence-corrected chi connectivity index (χ2v) is 4.91. The van der Waals surface area contributed by atoms with Crippen LogP contribution in [-0.2, 0) is 9.53 Å². The molecule has 3 heteroatoms. The van der Waals surface area contributed by atoms with Gasteiger partial charge in [0.1, 0.15) is 6.61 Å². The van der Waals surface area contributed by atoms with E-state index >= 15 is 0 Å². The zero-order valence-electron chi connectivity index (χ0n) is 10.3. The van der Waals surface area contributed by atoms with E-state index in [0.717, 1.165) is 36.0 Å². The Bertz CT molecular complexity index is 436. The maximum atomic E-state index is 11.5. The average molecular weight is 231 g/mol. The van der Waals surface area contributed by atoms with Gasteiger partial charge in [-0.05, 0) is 38.7 Å². The summed E-state index contributed by atoms with van der Waals surface area (Å²) in [5.41, 5.74) is 2.77. The second-order valence-electron chi connectivity index (χ2n) is 4.91. The maximum Gasteiger partial charge on any atom is 0.161 e. The van der Waals surface area contributed by atoms with Crippen molar-refractivity contribution in [2.45, 2.75) is 39.2 Å². The van der Waals surface area contributed by atoms with Crippen molar-refractivity contribution in [1.82, 2.24) is 0 Å². The van der Waals surface area contributed by atoms with Crippen LogP contribution >= 0.6 is 0 Å². The van der Waals surface area contributed by atoms with E-state index in [1.807, 2.05) is 19.9 Å². The predicted octanol–water partition coefficient (Wildman–Crippen LogP) is 2.54. The molecule has 0 amide bonds. The lowest BCUT2D eigenvalue weighted by Crippen LogP contribution is -2.20. The standard InChI is InChI=1S/C14H17NO2/c1-9-5-12(6-10(2)13(9)7-15)17-8-14(16)11-3-4-11/h5,11-12H,3-4,6,8H2,1-2H3. The first-order valence-electron chi connectivity index (χ1n) is 6.04. The molecule has 90 valence electrons. The van der Waals surface area contributed by atoms with Crippen molar-refractivity contribution >= 4 is 5.78 Å². The number of rotatable bonds is 4. The smallest absolute Gasteiger partial charge is 0.161 e. The van der Waals surface area contributed by atoms with Crippen LogP contribution in [0.2, 0.25) is 0 Å². The summed E-state index contributed by atoms with van der Waals surface area (Å²) in [5.74, 6) is 0.485. The van der Waals surface area contributed by atoms with Crippen molar-refractivity contribution in [3.05, 3.63) is 22.8 Å². The molecule has 0 aromatic carbocycles. The van der Waals surface area contributed by atoms with Gasteiger partial charge in [-0.25, -0.2) is 0 Å². The van der Waals surface area contributed by atoms with Crippen LogP contribution in [0.25, 0.3) is 0 Å². The number of carbonyl (C=O) groups excluding carboxylic acids is 1. The highest BCUT2D eigenvalue weighted by molar-refractivity contribution is 5.84. The molecule has 2 rings (SSSR count). The minimum atomic E-state index is -0.0465. The summed E-state index contributed by atoms with van der Waals surface area (Å²) in [7, 11) is 0. The molecule has 2 aliphatic carbocycles. The summed E-state index contributed by atoms with van der Waals surface area (Å²) in [6, 6.07) is 2.21. The van der Waals surface area contributed by atoms with Crippen LogP contribution < -0.4 is 0 Å². The molecular weight excluding hydrogens is 214 g/mol. The molecule has 1 fully saturated rings. The van der Waals surface area contributed by atoms with Crippen LogP contribution in [0.3, 0.4) is 0 Å². The summed E-state index contributed by atoms with van der Waals surface area (Å²) < 4.78 is 5.61. The lowest BCUT2D eigenvalue weighted by atomic mass is 9.92. The summed E-state index contributed by atoms with van der Waals surface area (Å²) >= 11 is 0. The van der Waals surface area contributed by atoms with Crippen LogP contribution in [0.4, 0.5) is 0 Å². The van der Waals surface area contributed by atoms with E-state index in [2.05, 4.69) is 6.07 Å². The minimum Gasteiger partial charge on any atom is -0.366 e. The molecule has 2 aliphatic rings. The number of allylic oxidation sites excluding steroid dienone is 2. The van der Waals surface area contributed by atoms with Crippen molar-refractivity contribution in [1.29, 1.82) is 5.26 Å². The van der Waals surface area contributed by atoms with Gasteiger partial charge >= 0.3 is 0 Å². The van der Waals surface area contributed by atoms with Gasteiger partial charge in [-0.3, -0.25) is 4.79 Å². The van der Waals surface area contributed by atoms with Gasteiger partial charge in [0.05, 0.1) is 17.7 Å². The Hall–Kier alpha value is -1.40. The number of ether oxygens (including phenoxy) is 1. The van der Waals surface area contributed by atoms with Gasteiger partial charge in [-0.1, -0.05) is 11.6 Å². The molecule has 0 aromatic heterocycles. The van der Waals surface area contributed by atoms with Crippen LogP contribution in [0, 0.1) is 17.2 Å². The third kappa shape index (κ3) is 2.83. The zero-order chi connectivity index (χ0) is 12.4. The van der Waals surface area contributed by atoms with E-state index in [-0.39, 0.29) is 24.4 Å². The lowest BCUT2D eigenvalue weighted by Gasteiger charge is -2.21. The molecule has 0 saturated heterocycles. The minimum absolute atomic E-state index is 0.0465. The van der Waals surface area contributed by atoms with Crippen molar-refractivity contribution in [2.24, 2.45) is 5.92 Å². The Balaban J connectivity index is 1.91. The van der Waals surface area contributed by atoms with Gasteiger partial charge in [0, 0.05) is 5.92 Å². The highest BCUT2D eigenvalue weighted by Gasteiger charge is 2.30. The van der Waals surface area contributed by atoms with Crippen molar-refractivity contribution in [2.75, 3.05) is 6.61 Å². The van der Waals surface area contributed by atoms with Gasteiger partial charge in [-0.15, -0.1) is 0 Å². The average Bonchev–Trinajstić information content (AvgIpc) is 3.09. The van der Waals surface area contributed by atoms with Crippen LogP contribution in [-0.4, -0.2) is 18.5 Å². The molecule has 0 aliphatic heterocycles. The summed E-state index contributed by atoms with van der Waals surface area (Å²) in [6.07, 6.45) is 4.68. The molecule has 0 radical (unpaired) electrons. The van der Waals surface area contributed by atoms with E-state index in [9.17, 15) is 4.79 Å². The zero-order valence-corrected chi connectivity index (χ0v) is 10.3. The summed E-state index contributed by atoms with van der Waals surface area (Å²) in [6.45, 7) is 4.09. The number of nitrogens with zero attached hydrogens (tertiary/aromatic N) is 1. The van der Waals surface area contributed by atoms with Crippen LogP contribution in [0.15, 0.2) is 22.8 Å². The number of hydrogen-bond acceptors (Lipinski definition) is 3. The normalized spacial score (nSPS) is 24.3. The molecule has 0 spiro atoms. The number of hydrogen-bond donors (Lipinski definition) is 0. The lowest BCUT2D eigenvalue weighted by molar-refractivity contribution is -0.125. The molecular formula is C14H17NO2. The molecule has 1 unspecified atom stereocenters. The largest absolute Gasteiger partial charge is 0.366 e. The third-order valence-electron chi connectivity index (χ3n) is 3.35. The number of carbonyl (C=O) groups is 1. The number of nitriles is 1. The van der Waals surface area contributed by atoms with Gasteiger partial charge in [0.25, 0.3) is 0 Å². The molecule has 0 aromatic rings. The first-order valence-corrected chi connectivity index (χ1v) is 6.04. The molecule has 17 heavy (non-hydrogen) atoms. The van der Waals surface area contributed by atoms with Gasteiger partial charge < -0.3 is 4.74 Å². The van der Waals surface area contributed by atoms with Crippen molar-refractivity contribution < 1.29 is 9.53 Å². The molecule has 0 N–H and O–H groups in total. The molecule has 1 atom stereocenters. The van der Waals surface area contributed by atoms with Crippen molar-refractivity contribution in [3.8, 4) is 6.07 Å². The fourth-order valence-corrected chi connectivity index (χ4v) is 2.16. The van der Waals surface area contributed by atoms with E-state index in [1.165, 1.54) is 0 Å². The second kappa shape index (κ2) is 4.85. The Morgan fingerprint density at radius 3 is 2.76 bits per heavy atom. The molecule has 0 bridgehead atoms. The van der Waals surface area contributed by atoms with E-state index < -0.39 is 0 Å². The molecule has 3 nitrogen and oxygen atoms in total. The quantitative estimate of drug-likeness (QED) is 0.747. The SMILES string of the molecule is CC1=CC(OCC(=O)C2CC2)CC(C)=C1C#N. The monoisotopic (exact) mass is 231 g/mol. The Labute approximate surface area is 102 Å². The Morgan fingerprint density at radius 2 is 2.24 bits per heavy atom. The molecule has 0 heterocycles. The van der Waals surface area contributed by atoms with E-state index in [1.54, 1.807) is 0 Å². The maximum absolute atomic E-state index is 11.5.